The fourth-order valence-corrected chi connectivity index (χ4v) is 3.17. The molecule has 1 heterocycles. The third-order valence-corrected chi connectivity index (χ3v) is 4.97. The van der Waals surface area contributed by atoms with E-state index in [-0.39, 0.29) is 17.2 Å². The quantitative estimate of drug-likeness (QED) is 0.834. The molecule has 1 N–H and O–H groups in total. The first-order valence-corrected chi connectivity index (χ1v) is 7.35. The van der Waals surface area contributed by atoms with E-state index in [0.29, 0.717) is 17.7 Å². The molecule has 0 aromatic heterocycles. The molecule has 1 saturated carbocycles. The standard InChI is InChI=1S/C15H28N2O/c1-7-15(6)13(18)17(12(16-15)10(2)3)14(4,5)11-8-9-11/h10-12,16H,7-9H2,1-6H3. The zero-order valence-corrected chi connectivity index (χ0v) is 12.7. The van der Waals surface area contributed by atoms with Crippen molar-refractivity contribution in [1.29, 1.82) is 0 Å². The van der Waals surface area contributed by atoms with Crippen LogP contribution < -0.4 is 5.32 Å². The zero-order valence-electron chi connectivity index (χ0n) is 12.7. The molecule has 0 bridgehead atoms. The van der Waals surface area contributed by atoms with Crippen LogP contribution in [0.15, 0.2) is 0 Å². The van der Waals surface area contributed by atoms with Gasteiger partial charge in [0.15, 0.2) is 0 Å². The van der Waals surface area contributed by atoms with Crippen LogP contribution in [0.25, 0.3) is 0 Å². The molecule has 1 saturated heterocycles. The maximum absolute atomic E-state index is 12.8. The van der Waals surface area contributed by atoms with E-state index in [4.69, 9.17) is 0 Å². The van der Waals surface area contributed by atoms with Crippen molar-refractivity contribution in [2.45, 2.75) is 78.0 Å². The van der Waals surface area contributed by atoms with Gasteiger partial charge in [0, 0.05) is 5.54 Å². The predicted molar refractivity (Wildman–Crippen MR) is 74.1 cm³/mol. The molecule has 0 spiro atoms. The highest BCUT2D eigenvalue weighted by Gasteiger charge is 2.55. The van der Waals surface area contributed by atoms with E-state index in [0.717, 1.165) is 6.42 Å². The van der Waals surface area contributed by atoms with Crippen LogP contribution >= 0.6 is 0 Å². The van der Waals surface area contributed by atoms with Crippen molar-refractivity contribution in [2.24, 2.45) is 11.8 Å². The summed E-state index contributed by atoms with van der Waals surface area (Å²) in [7, 11) is 0. The minimum atomic E-state index is -0.374. The van der Waals surface area contributed by atoms with Gasteiger partial charge in [-0.2, -0.15) is 0 Å². The summed E-state index contributed by atoms with van der Waals surface area (Å²) in [6, 6.07) is 0. The van der Waals surface area contributed by atoms with Crippen molar-refractivity contribution >= 4 is 5.91 Å². The monoisotopic (exact) mass is 252 g/mol. The molecule has 0 aromatic carbocycles. The first-order chi connectivity index (χ1) is 8.24. The Kier molecular flexibility index (Phi) is 3.25. The van der Waals surface area contributed by atoms with Gasteiger partial charge in [-0.25, -0.2) is 0 Å². The van der Waals surface area contributed by atoms with Gasteiger partial charge in [0.05, 0.1) is 11.7 Å². The van der Waals surface area contributed by atoms with Crippen LogP contribution in [0.2, 0.25) is 0 Å². The molecule has 104 valence electrons. The maximum Gasteiger partial charge on any atom is 0.244 e. The van der Waals surface area contributed by atoms with Crippen LogP contribution in [0.4, 0.5) is 0 Å². The van der Waals surface area contributed by atoms with E-state index in [1.165, 1.54) is 12.8 Å². The second-order valence-corrected chi connectivity index (χ2v) is 7.12. The number of amides is 1. The first kappa shape index (κ1) is 13.9. The molecule has 2 unspecified atom stereocenters. The summed E-state index contributed by atoms with van der Waals surface area (Å²) in [6.45, 7) is 13.0. The Morgan fingerprint density at radius 2 is 2.00 bits per heavy atom. The van der Waals surface area contributed by atoms with Crippen LogP contribution in [-0.2, 0) is 4.79 Å². The van der Waals surface area contributed by atoms with Gasteiger partial charge in [-0.15, -0.1) is 0 Å². The third kappa shape index (κ3) is 1.97. The predicted octanol–water partition coefficient (Wildman–Crippen LogP) is 2.76. The summed E-state index contributed by atoms with van der Waals surface area (Å²) in [6.07, 6.45) is 3.57. The maximum atomic E-state index is 12.8. The largest absolute Gasteiger partial charge is 0.320 e. The van der Waals surface area contributed by atoms with Gasteiger partial charge in [0.25, 0.3) is 0 Å². The summed E-state index contributed by atoms with van der Waals surface area (Å²) >= 11 is 0. The Morgan fingerprint density at radius 1 is 1.44 bits per heavy atom. The molecule has 2 rings (SSSR count). The van der Waals surface area contributed by atoms with E-state index < -0.39 is 0 Å². The molecule has 2 atom stereocenters. The van der Waals surface area contributed by atoms with Gasteiger partial charge < -0.3 is 4.90 Å². The van der Waals surface area contributed by atoms with Gasteiger partial charge in [-0.3, -0.25) is 10.1 Å². The summed E-state index contributed by atoms with van der Waals surface area (Å²) < 4.78 is 0. The van der Waals surface area contributed by atoms with E-state index >= 15 is 0 Å². The molecule has 0 radical (unpaired) electrons. The minimum Gasteiger partial charge on any atom is -0.320 e. The normalized spacial score (nSPS) is 33.6. The molecule has 1 aliphatic heterocycles. The van der Waals surface area contributed by atoms with Gasteiger partial charge in [0.1, 0.15) is 0 Å². The molecule has 1 amide bonds. The Balaban J connectivity index is 2.33. The number of nitrogens with zero attached hydrogens (tertiary/aromatic N) is 1. The highest BCUT2D eigenvalue weighted by molar-refractivity contribution is 5.89. The van der Waals surface area contributed by atoms with E-state index in [1.54, 1.807) is 0 Å². The van der Waals surface area contributed by atoms with E-state index in [1.807, 2.05) is 6.92 Å². The average Bonchev–Trinajstić information content (AvgIpc) is 3.08. The number of nitrogens with one attached hydrogen (secondary N) is 1. The van der Waals surface area contributed by atoms with Crippen molar-refractivity contribution in [3.8, 4) is 0 Å². The lowest BCUT2D eigenvalue weighted by molar-refractivity contribution is -0.139. The first-order valence-electron chi connectivity index (χ1n) is 7.35. The lowest BCUT2D eigenvalue weighted by Crippen LogP contribution is -2.54. The zero-order chi connectivity index (χ0) is 13.7. The van der Waals surface area contributed by atoms with Crippen LogP contribution in [0.1, 0.15) is 60.8 Å². The summed E-state index contributed by atoms with van der Waals surface area (Å²) in [5.41, 5.74) is -0.382. The number of carbonyl (C=O) groups excluding carboxylic acids is 1. The van der Waals surface area contributed by atoms with Crippen LogP contribution in [0, 0.1) is 11.8 Å². The van der Waals surface area contributed by atoms with Gasteiger partial charge >= 0.3 is 0 Å². The fourth-order valence-electron chi connectivity index (χ4n) is 3.17. The number of carbonyl (C=O) groups is 1. The topological polar surface area (TPSA) is 32.3 Å². The fraction of sp³-hybridized carbons (Fsp3) is 0.933. The Morgan fingerprint density at radius 3 is 2.39 bits per heavy atom. The Bertz CT molecular complexity index is 346. The number of hydrogen-bond donors (Lipinski definition) is 1. The number of rotatable bonds is 4. The average molecular weight is 252 g/mol. The Labute approximate surface area is 111 Å². The van der Waals surface area contributed by atoms with Gasteiger partial charge in [-0.1, -0.05) is 20.8 Å². The molecule has 18 heavy (non-hydrogen) atoms. The summed E-state index contributed by atoms with van der Waals surface area (Å²) in [5, 5.41) is 3.58. The SMILES string of the molecule is CCC1(C)NC(C(C)C)N(C(C)(C)C2CC2)C1=O. The molecule has 2 fully saturated rings. The molecular weight excluding hydrogens is 224 g/mol. The smallest absolute Gasteiger partial charge is 0.244 e. The van der Waals surface area contributed by atoms with E-state index in [2.05, 4.69) is 44.8 Å². The summed E-state index contributed by atoms with van der Waals surface area (Å²) in [4.78, 5) is 15.0. The molecule has 3 nitrogen and oxygen atoms in total. The molecule has 2 aliphatic rings. The highest BCUT2D eigenvalue weighted by atomic mass is 16.2. The van der Waals surface area contributed by atoms with Crippen LogP contribution in [0.5, 0.6) is 0 Å². The number of hydrogen-bond acceptors (Lipinski definition) is 2. The molecule has 3 heteroatoms. The van der Waals surface area contributed by atoms with Crippen molar-refractivity contribution in [3.63, 3.8) is 0 Å². The van der Waals surface area contributed by atoms with Crippen LogP contribution in [0.3, 0.4) is 0 Å². The Hall–Kier alpha value is -0.570. The van der Waals surface area contributed by atoms with Gasteiger partial charge in [0.2, 0.25) is 5.91 Å². The van der Waals surface area contributed by atoms with Crippen molar-refractivity contribution in [3.05, 3.63) is 0 Å². The van der Waals surface area contributed by atoms with Crippen LogP contribution in [-0.4, -0.2) is 28.1 Å². The summed E-state index contributed by atoms with van der Waals surface area (Å²) in [5.74, 6) is 1.42. The minimum absolute atomic E-state index is 0.00799. The van der Waals surface area contributed by atoms with Crippen molar-refractivity contribution < 1.29 is 4.79 Å². The third-order valence-electron chi connectivity index (χ3n) is 4.97. The lowest BCUT2D eigenvalue weighted by Gasteiger charge is -2.41. The molecule has 0 aromatic rings. The van der Waals surface area contributed by atoms with Gasteiger partial charge in [-0.05, 0) is 51.9 Å². The lowest BCUT2D eigenvalue weighted by atomic mass is 9.92. The van der Waals surface area contributed by atoms with Crippen molar-refractivity contribution in [2.75, 3.05) is 0 Å². The molecular formula is C15H28N2O. The highest BCUT2D eigenvalue weighted by Crippen LogP contribution is 2.46. The van der Waals surface area contributed by atoms with Crippen molar-refractivity contribution in [1.82, 2.24) is 10.2 Å². The second-order valence-electron chi connectivity index (χ2n) is 7.12. The second kappa shape index (κ2) is 4.22. The molecule has 1 aliphatic carbocycles. The van der Waals surface area contributed by atoms with E-state index in [9.17, 15) is 4.79 Å².